The molecule has 2 aliphatic rings. The number of rotatable bonds is 7. The molecule has 0 aliphatic heterocycles. The maximum Gasteiger partial charge on any atom is 0.299 e. The smallest absolute Gasteiger partial charge is 0.263 e. The van der Waals surface area contributed by atoms with Gasteiger partial charge in [-0.25, -0.2) is 0 Å². The Bertz CT molecular complexity index is 1050. The molecule has 32 heavy (non-hydrogen) atoms. The molecule has 2 aromatic rings. The van der Waals surface area contributed by atoms with Gasteiger partial charge in [-0.1, -0.05) is 85.0 Å². The third-order valence-corrected chi connectivity index (χ3v) is 8.98. The van der Waals surface area contributed by atoms with Crippen LogP contribution in [0.25, 0.3) is 11.1 Å². The second-order valence-electron chi connectivity index (χ2n) is 7.50. The molecule has 2 unspecified atom stereocenters. The summed E-state index contributed by atoms with van der Waals surface area (Å²) in [5.74, 6) is 0. The molecule has 0 aromatic heterocycles. The Labute approximate surface area is 193 Å². The van der Waals surface area contributed by atoms with Crippen LogP contribution in [-0.2, 0) is 0 Å². The fourth-order valence-corrected chi connectivity index (χ4v) is 6.45. The molecule has 0 fully saturated rings. The molecule has 2 aliphatic carbocycles. The highest BCUT2D eigenvalue weighted by Crippen LogP contribution is 2.51. The van der Waals surface area contributed by atoms with Gasteiger partial charge in [0.2, 0.25) is 0 Å². The van der Waals surface area contributed by atoms with Crippen LogP contribution in [0.2, 0.25) is 0 Å². The number of allylic oxidation sites excluding steroid dienone is 4. The summed E-state index contributed by atoms with van der Waals surface area (Å²) in [5.41, 5.74) is 3.78. The van der Waals surface area contributed by atoms with E-state index in [2.05, 4.69) is 0 Å². The van der Waals surface area contributed by atoms with Gasteiger partial charge in [0.25, 0.3) is 9.74 Å². The molecule has 162 valence electrons. The first-order valence-electron chi connectivity index (χ1n) is 10.00. The third kappa shape index (κ3) is 4.42. The van der Waals surface area contributed by atoms with Crippen molar-refractivity contribution >= 4 is 32.7 Å². The summed E-state index contributed by atoms with van der Waals surface area (Å²) in [6.45, 7) is 0. The SMILES string of the molecule is O=[N+]([O-])C1(SSC2([N+](=O)[O-])C=CC(c3ccccc3)=CC2)C=CC(c2ccccc2)=CC1. The first-order valence-corrected chi connectivity index (χ1v) is 12.1. The van der Waals surface area contributed by atoms with Gasteiger partial charge in [0.05, 0.1) is 12.8 Å². The van der Waals surface area contributed by atoms with Crippen LogP contribution in [-0.4, -0.2) is 19.6 Å². The topological polar surface area (TPSA) is 86.3 Å². The van der Waals surface area contributed by atoms with Gasteiger partial charge in [0.1, 0.15) is 0 Å². The van der Waals surface area contributed by atoms with Crippen LogP contribution in [0.5, 0.6) is 0 Å². The van der Waals surface area contributed by atoms with Gasteiger partial charge >= 0.3 is 0 Å². The second kappa shape index (κ2) is 9.18. The van der Waals surface area contributed by atoms with Crippen LogP contribution in [0, 0.1) is 20.2 Å². The first-order chi connectivity index (χ1) is 15.4. The van der Waals surface area contributed by atoms with Crippen molar-refractivity contribution in [3.63, 3.8) is 0 Å². The highest BCUT2D eigenvalue weighted by atomic mass is 33.1. The van der Waals surface area contributed by atoms with E-state index in [0.29, 0.717) is 0 Å². The number of nitrogens with zero attached hydrogens (tertiary/aromatic N) is 2. The minimum atomic E-state index is -1.46. The summed E-state index contributed by atoms with van der Waals surface area (Å²) in [6.07, 6.45) is 10.5. The van der Waals surface area contributed by atoms with Crippen LogP contribution in [0.15, 0.2) is 97.1 Å². The van der Waals surface area contributed by atoms with Crippen LogP contribution in [0.4, 0.5) is 0 Å². The largest absolute Gasteiger partial charge is 0.299 e. The van der Waals surface area contributed by atoms with Crippen molar-refractivity contribution < 1.29 is 9.85 Å². The van der Waals surface area contributed by atoms with Crippen molar-refractivity contribution in [3.8, 4) is 0 Å². The van der Waals surface area contributed by atoms with E-state index in [1.165, 1.54) is 0 Å². The zero-order valence-electron chi connectivity index (χ0n) is 17.0. The molecular weight excluding hydrogens is 444 g/mol. The van der Waals surface area contributed by atoms with Crippen molar-refractivity contribution in [1.82, 2.24) is 0 Å². The minimum Gasteiger partial charge on any atom is -0.263 e. The summed E-state index contributed by atoms with van der Waals surface area (Å²) in [7, 11) is 1.89. The van der Waals surface area contributed by atoms with Crippen LogP contribution >= 0.6 is 21.6 Å². The Morgan fingerprint density at radius 2 is 1.03 bits per heavy atom. The van der Waals surface area contributed by atoms with Gasteiger partial charge in [0.15, 0.2) is 0 Å². The van der Waals surface area contributed by atoms with Crippen molar-refractivity contribution in [2.24, 2.45) is 0 Å². The lowest BCUT2D eigenvalue weighted by Gasteiger charge is -2.27. The third-order valence-electron chi connectivity index (χ3n) is 5.44. The van der Waals surface area contributed by atoms with Gasteiger partial charge in [-0.2, -0.15) is 0 Å². The molecule has 0 amide bonds. The predicted molar refractivity (Wildman–Crippen MR) is 131 cm³/mol. The van der Waals surface area contributed by atoms with E-state index < -0.39 is 9.74 Å². The van der Waals surface area contributed by atoms with E-state index >= 15 is 0 Å². The molecule has 0 spiro atoms. The van der Waals surface area contributed by atoms with Gasteiger partial charge in [0, 0.05) is 43.6 Å². The Balaban J connectivity index is 1.51. The summed E-state index contributed by atoms with van der Waals surface area (Å²) in [6, 6.07) is 19.3. The lowest BCUT2D eigenvalue weighted by Crippen LogP contribution is -2.36. The molecule has 6 nitrogen and oxygen atoms in total. The number of nitro groups is 2. The van der Waals surface area contributed by atoms with Crippen molar-refractivity contribution in [2.45, 2.75) is 22.6 Å². The number of benzene rings is 2. The standard InChI is InChI=1S/C24H20N2O4S2/c27-25(28)23(15-11-21(12-16-23)19-7-3-1-4-8-19)31-32-24(26(29)30)17-13-22(14-18-24)20-9-5-2-6-10-20/h1-15,17H,16,18H2. The number of hydrogen-bond acceptors (Lipinski definition) is 6. The van der Waals surface area contributed by atoms with Gasteiger partial charge in [-0.3, -0.25) is 20.2 Å². The van der Waals surface area contributed by atoms with Gasteiger partial charge < -0.3 is 0 Å². The fourth-order valence-electron chi connectivity index (χ4n) is 3.51. The predicted octanol–water partition coefficient (Wildman–Crippen LogP) is 6.40. The van der Waals surface area contributed by atoms with E-state index in [1.807, 2.05) is 72.8 Å². The minimum absolute atomic E-state index is 0.154. The lowest BCUT2D eigenvalue weighted by molar-refractivity contribution is -0.525. The Hall–Kier alpha value is -3.10. The molecule has 0 bridgehead atoms. The summed E-state index contributed by atoms with van der Waals surface area (Å²) in [4.78, 5) is 20.4. The molecule has 0 saturated carbocycles. The van der Waals surface area contributed by atoms with Crippen molar-refractivity contribution in [3.05, 3.63) is 128 Å². The average molecular weight is 465 g/mol. The van der Waals surface area contributed by atoms with E-state index in [1.54, 1.807) is 24.3 Å². The molecule has 0 heterocycles. The van der Waals surface area contributed by atoms with Gasteiger partial charge in [-0.05, 0) is 22.3 Å². The van der Waals surface area contributed by atoms with Crippen molar-refractivity contribution in [1.29, 1.82) is 0 Å². The summed E-state index contributed by atoms with van der Waals surface area (Å²) in [5, 5.41) is 24.0. The molecule has 2 atom stereocenters. The molecular formula is C24H20N2O4S2. The van der Waals surface area contributed by atoms with Crippen LogP contribution in [0.3, 0.4) is 0 Å². The van der Waals surface area contributed by atoms with Crippen LogP contribution in [0.1, 0.15) is 24.0 Å². The maximum atomic E-state index is 12.0. The van der Waals surface area contributed by atoms with Crippen molar-refractivity contribution in [2.75, 3.05) is 0 Å². The molecule has 0 radical (unpaired) electrons. The highest BCUT2D eigenvalue weighted by molar-refractivity contribution is 8.77. The average Bonchev–Trinajstić information content (AvgIpc) is 2.84. The fraction of sp³-hybridized carbons (Fsp3) is 0.167. The molecule has 2 aromatic carbocycles. The van der Waals surface area contributed by atoms with E-state index in [4.69, 9.17) is 0 Å². The lowest BCUT2D eigenvalue weighted by atomic mass is 9.97. The van der Waals surface area contributed by atoms with E-state index in [-0.39, 0.29) is 22.7 Å². The monoisotopic (exact) mass is 464 g/mol. The Morgan fingerprint density at radius 1 is 0.656 bits per heavy atom. The van der Waals surface area contributed by atoms with E-state index in [9.17, 15) is 20.2 Å². The molecule has 0 saturated heterocycles. The summed E-state index contributed by atoms with van der Waals surface area (Å²) < 4.78 is 0. The molecule has 8 heteroatoms. The first kappa shape index (κ1) is 22.1. The normalized spacial score (nSPS) is 24.5. The second-order valence-corrected chi connectivity index (χ2v) is 10.2. The van der Waals surface area contributed by atoms with E-state index in [0.717, 1.165) is 43.9 Å². The number of hydrogen-bond donors (Lipinski definition) is 0. The molecule has 4 rings (SSSR count). The Morgan fingerprint density at radius 3 is 1.31 bits per heavy atom. The zero-order valence-corrected chi connectivity index (χ0v) is 18.6. The highest BCUT2D eigenvalue weighted by Gasteiger charge is 2.49. The van der Waals surface area contributed by atoms with Gasteiger partial charge in [-0.15, -0.1) is 0 Å². The maximum absolute atomic E-state index is 12.0. The zero-order chi connectivity index (χ0) is 22.6. The quantitative estimate of drug-likeness (QED) is 0.204. The Kier molecular flexibility index (Phi) is 6.34. The summed E-state index contributed by atoms with van der Waals surface area (Å²) >= 11 is 0. The molecule has 0 N–H and O–H groups in total. The van der Waals surface area contributed by atoms with Crippen LogP contribution < -0.4 is 0 Å².